The number of benzene rings is 3. The van der Waals surface area contributed by atoms with Gasteiger partial charge in [0.1, 0.15) is 11.6 Å². The molecule has 0 amide bonds. The van der Waals surface area contributed by atoms with Crippen LogP contribution in [0.5, 0.6) is 0 Å². The second-order valence-corrected chi connectivity index (χ2v) is 12.9. The fraction of sp³-hybridized carbons (Fsp3) is 0.455. The zero-order chi connectivity index (χ0) is 25.6. The van der Waals surface area contributed by atoms with E-state index in [-0.39, 0.29) is 16.2 Å². The van der Waals surface area contributed by atoms with Crippen molar-refractivity contribution in [3.63, 3.8) is 0 Å². The van der Waals surface area contributed by atoms with Crippen molar-refractivity contribution in [3.8, 4) is 0 Å². The average Bonchev–Trinajstić information content (AvgIpc) is 2.93. The predicted octanol–water partition coefficient (Wildman–Crippen LogP) is 9.78. The van der Waals surface area contributed by atoms with E-state index in [0.29, 0.717) is 17.5 Å². The van der Waals surface area contributed by atoms with E-state index in [9.17, 15) is 8.78 Å². The lowest BCUT2D eigenvalue weighted by atomic mass is 9.59. The molecule has 36 heavy (non-hydrogen) atoms. The van der Waals surface area contributed by atoms with Crippen molar-refractivity contribution in [1.82, 2.24) is 0 Å². The highest BCUT2D eigenvalue weighted by Crippen LogP contribution is 2.62. The van der Waals surface area contributed by atoms with E-state index in [1.54, 1.807) is 0 Å². The summed E-state index contributed by atoms with van der Waals surface area (Å²) >= 11 is 0. The fourth-order valence-corrected chi connectivity index (χ4v) is 7.45. The molecule has 0 unspecified atom stereocenters. The topological polar surface area (TPSA) is 3.24 Å². The normalized spacial score (nSPS) is 24.3. The third kappa shape index (κ3) is 3.17. The summed E-state index contributed by atoms with van der Waals surface area (Å²) in [5.41, 5.74) is 8.00. The Morgan fingerprint density at radius 1 is 0.583 bits per heavy atom. The molecule has 0 aromatic heterocycles. The Kier molecular flexibility index (Phi) is 5.05. The van der Waals surface area contributed by atoms with Gasteiger partial charge < -0.3 is 4.90 Å². The number of halogens is 2. The van der Waals surface area contributed by atoms with E-state index in [1.165, 1.54) is 60.1 Å². The van der Waals surface area contributed by atoms with E-state index in [1.807, 2.05) is 4.90 Å². The van der Waals surface area contributed by atoms with Crippen LogP contribution < -0.4 is 4.90 Å². The molecule has 0 atom stereocenters. The summed E-state index contributed by atoms with van der Waals surface area (Å²) in [4.78, 5) is 2.05. The maximum atomic E-state index is 14.5. The Morgan fingerprint density at radius 3 is 1.75 bits per heavy atom. The van der Waals surface area contributed by atoms with Gasteiger partial charge in [0.15, 0.2) is 0 Å². The lowest BCUT2D eigenvalue weighted by Crippen LogP contribution is -2.42. The molecule has 0 aliphatic heterocycles. The van der Waals surface area contributed by atoms with Crippen molar-refractivity contribution >= 4 is 17.1 Å². The minimum atomic E-state index is -0.559. The monoisotopic (exact) mass is 485 g/mol. The highest BCUT2D eigenvalue weighted by atomic mass is 19.1. The second-order valence-electron chi connectivity index (χ2n) is 12.9. The van der Waals surface area contributed by atoms with Crippen LogP contribution in [0.2, 0.25) is 0 Å². The quantitative estimate of drug-likeness (QED) is 0.357. The largest absolute Gasteiger partial charge is 0.310 e. The fourth-order valence-electron chi connectivity index (χ4n) is 7.45. The van der Waals surface area contributed by atoms with Crippen LogP contribution in [0.4, 0.5) is 25.8 Å². The van der Waals surface area contributed by atoms with Gasteiger partial charge in [-0.1, -0.05) is 53.7 Å². The first-order valence-electron chi connectivity index (χ1n) is 13.5. The molecule has 0 heterocycles. The van der Waals surface area contributed by atoms with Crippen molar-refractivity contribution in [2.45, 2.75) is 89.9 Å². The summed E-state index contributed by atoms with van der Waals surface area (Å²) in [5, 5.41) is 0. The molecule has 1 nitrogen and oxygen atoms in total. The van der Waals surface area contributed by atoms with Crippen molar-refractivity contribution in [3.05, 3.63) is 88.5 Å². The summed E-state index contributed by atoms with van der Waals surface area (Å²) in [6.45, 7) is 14.0. The minimum absolute atomic E-state index is 0.00517. The number of fused-ring (bicyclic) bond motifs is 3. The number of hydrogen-bond acceptors (Lipinski definition) is 1. The number of anilines is 3. The zero-order valence-electron chi connectivity index (χ0n) is 22.4. The minimum Gasteiger partial charge on any atom is -0.310 e. The maximum Gasteiger partial charge on any atom is 0.128 e. The number of hydrogen-bond donors (Lipinski definition) is 0. The van der Waals surface area contributed by atoms with Gasteiger partial charge in [0.2, 0.25) is 0 Å². The van der Waals surface area contributed by atoms with Gasteiger partial charge >= 0.3 is 0 Å². The molecule has 4 aliphatic rings. The number of rotatable bonds is 3. The summed E-state index contributed by atoms with van der Waals surface area (Å²) in [5.74, 6) is 0.132. The van der Waals surface area contributed by atoms with Gasteiger partial charge in [-0.25, -0.2) is 8.78 Å². The third-order valence-corrected chi connectivity index (χ3v) is 10.8. The van der Waals surface area contributed by atoms with Crippen LogP contribution in [0.1, 0.15) is 101 Å². The molecule has 188 valence electrons. The molecule has 3 aromatic carbocycles. The van der Waals surface area contributed by atoms with Gasteiger partial charge in [-0.2, -0.15) is 0 Å². The van der Waals surface area contributed by atoms with E-state index in [0.717, 1.165) is 17.4 Å². The highest BCUT2D eigenvalue weighted by molar-refractivity contribution is 5.78. The van der Waals surface area contributed by atoms with Crippen LogP contribution in [0, 0.1) is 17.0 Å². The molecule has 3 heteroatoms. The van der Waals surface area contributed by atoms with Gasteiger partial charge in [0.05, 0.1) is 5.69 Å². The van der Waals surface area contributed by atoms with E-state index >= 15 is 0 Å². The van der Waals surface area contributed by atoms with Gasteiger partial charge in [0.25, 0.3) is 0 Å². The molecular weight excluding hydrogens is 448 g/mol. The summed E-state index contributed by atoms with van der Waals surface area (Å²) < 4.78 is 29.0. The standard InChI is InChI=1S/C33H37F2N/c1-31(2)29-14-12-25(19-30(29)32(3,4)33(31,5)6)36(26-16-22(34)15-23(35)17-26)24-11-13-27-20-7-9-21(10-8-20)28(27)18-24/h11-21H,7-10H2,1-6H3. The molecule has 1 saturated carbocycles. The Balaban J connectivity index is 1.55. The van der Waals surface area contributed by atoms with Crippen molar-refractivity contribution < 1.29 is 8.78 Å². The van der Waals surface area contributed by atoms with E-state index in [4.69, 9.17) is 0 Å². The lowest BCUT2D eigenvalue weighted by Gasteiger charge is -2.44. The van der Waals surface area contributed by atoms with Crippen LogP contribution in [0.15, 0.2) is 54.6 Å². The summed E-state index contributed by atoms with van der Waals surface area (Å²) in [7, 11) is 0. The molecule has 1 fully saturated rings. The number of nitrogens with zero attached hydrogens (tertiary/aromatic N) is 1. The van der Waals surface area contributed by atoms with E-state index < -0.39 is 11.6 Å². The van der Waals surface area contributed by atoms with Gasteiger partial charge in [-0.05, 0) is 112 Å². The lowest BCUT2D eigenvalue weighted by molar-refractivity contribution is 0.125. The molecule has 3 aromatic rings. The van der Waals surface area contributed by atoms with Gasteiger partial charge in [-0.3, -0.25) is 0 Å². The predicted molar refractivity (Wildman–Crippen MR) is 145 cm³/mol. The van der Waals surface area contributed by atoms with Crippen LogP contribution in [-0.4, -0.2) is 0 Å². The van der Waals surface area contributed by atoms with Crippen LogP contribution >= 0.6 is 0 Å². The third-order valence-electron chi connectivity index (χ3n) is 10.8. The SMILES string of the molecule is CC1(C)c2ccc(N(c3cc(F)cc(F)c3)c3ccc4c(c3)C3CCC4CC3)cc2C(C)(C)C1(C)C. The first kappa shape index (κ1) is 23.7. The molecule has 2 bridgehead atoms. The van der Waals surface area contributed by atoms with Crippen molar-refractivity contribution in [2.75, 3.05) is 4.90 Å². The van der Waals surface area contributed by atoms with Crippen LogP contribution in [0.3, 0.4) is 0 Å². The van der Waals surface area contributed by atoms with E-state index in [2.05, 4.69) is 77.9 Å². The molecule has 0 radical (unpaired) electrons. The Hall–Kier alpha value is -2.68. The Morgan fingerprint density at radius 2 is 1.11 bits per heavy atom. The molecule has 0 N–H and O–H groups in total. The first-order valence-corrected chi connectivity index (χ1v) is 13.5. The maximum absolute atomic E-state index is 14.5. The Bertz CT molecular complexity index is 1340. The molecule has 7 rings (SSSR count). The molecule has 0 saturated heterocycles. The highest BCUT2D eigenvalue weighted by Gasteiger charge is 2.56. The molecule has 0 spiro atoms. The second kappa shape index (κ2) is 7.66. The molecule has 4 aliphatic carbocycles. The zero-order valence-corrected chi connectivity index (χ0v) is 22.4. The average molecular weight is 486 g/mol. The first-order chi connectivity index (χ1) is 16.9. The van der Waals surface area contributed by atoms with Gasteiger partial charge in [0, 0.05) is 17.4 Å². The van der Waals surface area contributed by atoms with Crippen LogP contribution in [0.25, 0.3) is 0 Å². The van der Waals surface area contributed by atoms with Gasteiger partial charge in [-0.15, -0.1) is 0 Å². The Labute approximate surface area is 214 Å². The van der Waals surface area contributed by atoms with Crippen LogP contribution in [-0.2, 0) is 10.8 Å². The van der Waals surface area contributed by atoms with Crippen molar-refractivity contribution in [2.24, 2.45) is 5.41 Å². The summed E-state index contributed by atoms with van der Waals surface area (Å²) in [6.07, 6.45) is 5.04. The smallest absolute Gasteiger partial charge is 0.128 e. The summed E-state index contributed by atoms with van der Waals surface area (Å²) in [6, 6.07) is 17.2. The van der Waals surface area contributed by atoms with Crippen molar-refractivity contribution in [1.29, 1.82) is 0 Å². The molecular formula is C33H37F2N.